The summed E-state index contributed by atoms with van der Waals surface area (Å²) in [6, 6.07) is 9.69. The topological polar surface area (TPSA) is 51.2 Å². The quantitative estimate of drug-likeness (QED) is 0.642. The van der Waals surface area contributed by atoms with Crippen LogP contribution in [-0.2, 0) is 4.74 Å². The summed E-state index contributed by atoms with van der Waals surface area (Å²) in [5.74, 6) is 0. The van der Waals surface area contributed by atoms with E-state index >= 15 is 0 Å². The van der Waals surface area contributed by atoms with Crippen molar-refractivity contribution in [2.75, 3.05) is 25.6 Å². The molecule has 2 rings (SSSR count). The number of carbonyl (C=O) groups excluding carboxylic acids is 1. The molecule has 0 aliphatic carbocycles. The Morgan fingerprint density at radius 1 is 1.39 bits per heavy atom. The van der Waals surface area contributed by atoms with E-state index in [2.05, 4.69) is 10.3 Å². The maximum absolute atomic E-state index is 11.1. The normalized spacial score (nSPS) is 10.3. The fraction of sp³-hybridized carbons (Fsp3) is 0.231. The molecule has 0 spiro atoms. The summed E-state index contributed by atoms with van der Waals surface area (Å²) >= 11 is 1.36. The van der Waals surface area contributed by atoms with Gasteiger partial charge in [0.15, 0.2) is 11.4 Å². The van der Waals surface area contributed by atoms with Crippen LogP contribution in [0.1, 0.15) is 9.67 Å². The van der Waals surface area contributed by atoms with Crippen molar-refractivity contribution >= 4 is 22.8 Å². The van der Waals surface area contributed by atoms with Gasteiger partial charge in [0.25, 0.3) is 0 Å². The van der Waals surface area contributed by atoms with E-state index in [4.69, 9.17) is 4.74 Å². The smallest absolute Gasteiger partial charge is 0.184 e. The highest BCUT2D eigenvalue weighted by Gasteiger charge is 2.11. The zero-order chi connectivity index (χ0) is 12.8. The third kappa shape index (κ3) is 2.94. The van der Waals surface area contributed by atoms with E-state index in [1.807, 2.05) is 30.3 Å². The van der Waals surface area contributed by atoms with Crippen molar-refractivity contribution in [1.29, 1.82) is 0 Å². The number of ether oxygens (including phenoxy) is 1. The van der Waals surface area contributed by atoms with Crippen LogP contribution in [0, 0.1) is 0 Å². The SMILES string of the molecule is COCCNc1nc(-c2ccccc2)c(C=O)s1. The summed E-state index contributed by atoms with van der Waals surface area (Å²) in [6.45, 7) is 1.28. The molecule has 1 N–H and O–H groups in total. The second kappa shape index (κ2) is 6.28. The van der Waals surface area contributed by atoms with Gasteiger partial charge in [0, 0.05) is 19.2 Å². The van der Waals surface area contributed by atoms with Crippen molar-refractivity contribution in [2.24, 2.45) is 0 Å². The Morgan fingerprint density at radius 2 is 2.17 bits per heavy atom. The van der Waals surface area contributed by atoms with Crippen LogP contribution in [0.5, 0.6) is 0 Å². The predicted molar refractivity (Wildman–Crippen MR) is 73.3 cm³/mol. The maximum atomic E-state index is 11.1. The van der Waals surface area contributed by atoms with E-state index in [0.717, 1.165) is 22.7 Å². The number of thiazole rings is 1. The van der Waals surface area contributed by atoms with Crippen molar-refractivity contribution in [3.8, 4) is 11.3 Å². The second-order valence-electron chi connectivity index (χ2n) is 3.64. The number of aldehydes is 1. The highest BCUT2D eigenvalue weighted by atomic mass is 32.1. The van der Waals surface area contributed by atoms with Gasteiger partial charge in [-0.2, -0.15) is 0 Å². The zero-order valence-electron chi connectivity index (χ0n) is 10.1. The van der Waals surface area contributed by atoms with Gasteiger partial charge in [-0.05, 0) is 0 Å². The summed E-state index contributed by atoms with van der Waals surface area (Å²) in [5.41, 5.74) is 1.69. The lowest BCUT2D eigenvalue weighted by Gasteiger charge is -2.00. The lowest BCUT2D eigenvalue weighted by molar-refractivity contribution is 0.112. The van der Waals surface area contributed by atoms with Crippen LogP contribution in [-0.4, -0.2) is 31.5 Å². The molecular formula is C13H14N2O2S. The Balaban J connectivity index is 2.22. The fourth-order valence-electron chi connectivity index (χ4n) is 1.55. The van der Waals surface area contributed by atoms with E-state index in [1.165, 1.54) is 11.3 Å². The third-order valence-electron chi connectivity index (χ3n) is 2.39. The molecule has 5 heteroatoms. The molecule has 0 bridgehead atoms. The van der Waals surface area contributed by atoms with Crippen LogP contribution in [0.2, 0.25) is 0 Å². The van der Waals surface area contributed by atoms with E-state index < -0.39 is 0 Å². The number of nitrogens with zero attached hydrogens (tertiary/aromatic N) is 1. The number of nitrogens with one attached hydrogen (secondary N) is 1. The Bertz CT molecular complexity index is 511. The van der Waals surface area contributed by atoms with Crippen LogP contribution < -0.4 is 5.32 Å². The Hall–Kier alpha value is -1.72. The van der Waals surface area contributed by atoms with E-state index in [1.54, 1.807) is 7.11 Å². The van der Waals surface area contributed by atoms with Gasteiger partial charge in [-0.25, -0.2) is 4.98 Å². The molecule has 94 valence electrons. The lowest BCUT2D eigenvalue weighted by atomic mass is 10.1. The number of methoxy groups -OCH3 is 1. The third-order valence-corrected chi connectivity index (χ3v) is 3.33. The van der Waals surface area contributed by atoms with Crippen LogP contribution in [0.3, 0.4) is 0 Å². The highest BCUT2D eigenvalue weighted by Crippen LogP contribution is 2.29. The molecule has 0 saturated carbocycles. The summed E-state index contributed by atoms with van der Waals surface area (Å²) in [5, 5.41) is 3.88. The second-order valence-corrected chi connectivity index (χ2v) is 4.67. The molecular weight excluding hydrogens is 248 g/mol. The van der Waals surface area contributed by atoms with E-state index in [9.17, 15) is 4.79 Å². The highest BCUT2D eigenvalue weighted by molar-refractivity contribution is 7.17. The molecule has 1 aromatic carbocycles. The Kier molecular flexibility index (Phi) is 4.44. The largest absolute Gasteiger partial charge is 0.383 e. The first-order valence-corrected chi connectivity index (χ1v) is 6.41. The first kappa shape index (κ1) is 12.7. The van der Waals surface area contributed by atoms with Crippen LogP contribution in [0.15, 0.2) is 30.3 Å². The average Bonchev–Trinajstić information content (AvgIpc) is 2.83. The first-order valence-electron chi connectivity index (χ1n) is 5.59. The molecule has 0 saturated heterocycles. The fourth-order valence-corrected chi connectivity index (χ4v) is 2.38. The molecule has 0 radical (unpaired) electrons. The van der Waals surface area contributed by atoms with Gasteiger partial charge in [-0.1, -0.05) is 41.7 Å². The molecule has 0 aliphatic rings. The number of anilines is 1. The average molecular weight is 262 g/mol. The lowest BCUT2D eigenvalue weighted by Crippen LogP contribution is -2.06. The number of hydrogen-bond acceptors (Lipinski definition) is 5. The first-order chi connectivity index (χ1) is 8.85. The van der Waals surface area contributed by atoms with Gasteiger partial charge in [0.05, 0.1) is 17.2 Å². The Labute approximate surface area is 110 Å². The minimum atomic E-state index is 0.608. The van der Waals surface area contributed by atoms with Crippen molar-refractivity contribution in [3.63, 3.8) is 0 Å². The standard InChI is InChI=1S/C13H14N2O2S/c1-17-8-7-14-13-15-12(11(9-16)18-13)10-5-3-2-4-6-10/h2-6,9H,7-8H2,1H3,(H,14,15). The molecule has 0 fully saturated rings. The van der Waals surface area contributed by atoms with E-state index in [-0.39, 0.29) is 0 Å². The number of carbonyl (C=O) groups is 1. The summed E-state index contributed by atoms with van der Waals surface area (Å²) in [4.78, 5) is 16.1. The van der Waals surface area contributed by atoms with Crippen LogP contribution >= 0.6 is 11.3 Å². The van der Waals surface area contributed by atoms with Crippen molar-refractivity contribution in [2.45, 2.75) is 0 Å². The molecule has 2 aromatic rings. The van der Waals surface area contributed by atoms with Crippen molar-refractivity contribution < 1.29 is 9.53 Å². The van der Waals surface area contributed by atoms with Gasteiger partial charge < -0.3 is 10.1 Å². The van der Waals surface area contributed by atoms with Crippen molar-refractivity contribution in [3.05, 3.63) is 35.2 Å². The van der Waals surface area contributed by atoms with Crippen molar-refractivity contribution in [1.82, 2.24) is 4.98 Å². The molecule has 0 amide bonds. The molecule has 4 nitrogen and oxygen atoms in total. The summed E-state index contributed by atoms with van der Waals surface area (Å²) in [7, 11) is 1.65. The van der Waals surface area contributed by atoms with Gasteiger partial charge in [-0.15, -0.1) is 0 Å². The summed E-state index contributed by atoms with van der Waals surface area (Å²) in [6.07, 6.45) is 0.849. The van der Waals surface area contributed by atoms with Crippen LogP contribution in [0.25, 0.3) is 11.3 Å². The maximum Gasteiger partial charge on any atom is 0.184 e. The summed E-state index contributed by atoms with van der Waals surface area (Å²) < 4.78 is 4.96. The molecule has 0 atom stereocenters. The molecule has 1 heterocycles. The monoisotopic (exact) mass is 262 g/mol. The van der Waals surface area contributed by atoms with Crippen LogP contribution in [0.4, 0.5) is 5.13 Å². The van der Waals surface area contributed by atoms with Gasteiger partial charge in [0.2, 0.25) is 0 Å². The number of hydrogen-bond donors (Lipinski definition) is 1. The molecule has 18 heavy (non-hydrogen) atoms. The molecule has 0 aliphatic heterocycles. The number of aromatic nitrogens is 1. The predicted octanol–water partition coefficient (Wildman–Crippen LogP) is 2.68. The minimum absolute atomic E-state index is 0.608. The van der Waals surface area contributed by atoms with Gasteiger partial charge in [-0.3, -0.25) is 4.79 Å². The molecule has 1 aromatic heterocycles. The van der Waals surface area contributed by atoms with E-state index in [0.29, 0.717) is 18.0 Å². The minimum Gasteiger partial charge on any atom is -0.383 e. The number of benzene rings is 1. The Morgan fingerprint density at radius 3 is 2.83 bits per heavy atom. The van der Waals surface area contributed by atoms with Gasteiger partial charge >= 0.3 is 0 Å². The van der Waals surface area contributed by atoms with Gasteiger partial charge in [0.1, 0.15) is 0 Å². The molecule has 0 unspecified atom stereocenters. The zero-order valence-corrected chi connectivity index (χ0v) is 10.9. The number of rotatable bonds is 6.